The van der Waals surface area contributed by atoms with Crippen LogP contribution in [0.4, 0.5) is 5.69 Å². The second kappa shape index (κ2) is 12.3. The van der Waals surface area contributed by atoms with Gasteiger partial charge in [0.2, 0.25) is 5.88 Å². The number of hydrogen-bond acceptors (Lipinski definition) is 8. The summed E-state index contributed by atoms with van der Waals surface area (Å²) in [5, 5.41) is 15.9. The number of fused-ring (bicyclic) bond motifs is 1. The van der Waals surface area contributed by atoms with Crippen molar-refractivity contribution < 1.29 is 14.4 Å². The standard InChI is InChI=1S/C26H23Br2N5O5/c1-3-5-6-23-31-21-9-7-17(27)13-19(21)26(34)32(23)30-14-16-11-20(28)25(22(12-16)37-4-2)38-24-10-8-18(15-29-24)33(35)36/h7-15H,3-6H2,1-2H3. The Labute approximate surface area is 234 Å². The van der Waals surface area contributed by atoms with Crippen LogP contribution in [0.2, 0.25) is 0 Å². The summed E-state index contributed by atoms with van der Waals surface area (Å²) in [7, 11) is 0. The molecule has 2 aromatic heterocycles. The number of halogens is 2. The minimum Gasteiger partial charge on any atom is -0.490 e. The zero-order chi connectivity index (χ0) is 27.2. The number of aromatic nitrogens is 3. The van der Waals surface area contributed by atoms with Crippen LogP contribution in [0.1, 0.15) is 38.1 Å². The van der Waals surface area contributed by atoms with Crippen molar-refractivity contribution in [1.82, 2.24) is 14.6 Å². The van der Waals surface area contributed by atoms with Crippen LogP contribution in [-0.4, -0.2) is 32.4 Å². The third-order valence-corrected chi connectivity index (χ3v) is 6.50. The highest BCUT2D eigenvalue weighted by Gasteiger charge is 2.16. The molecular weight excluding hydrogens is 622 g/mol. The quantitative estimate of drug-likeness (QED) is 0.108. The zero-order valence-electron chi connectivity index (χ0n) is 20.6. The van der Waals surface area contributed by atoms with Gasteiger partial charge < -0.3 is 9.47 Å². The Morgan fingerprint density at radius 3 is 2.66 bits per heavy atom. The summed E-state index contributed by atoms with van der Waals surface area (Å²) in [6.07, 6.45) is 5.11. The molecule has 0 radical (unpaired) electrons. The van der Waals surface area contributed by atoms with E-state index >= 15 is 0 Å². The maximum atomic E-state index is 13.3. The molecular formula is C26H23Br2N5O5. The molecule has 0 aliphatic heterocycles. The smallest absolute Gasteiger partial charge is 0.287 e. The van der Waals surface area contributed by atoms with Gasteiger partial charge in [-0.05, 0) is 65.2 Å². The van der Waals surface area contributed by atoms with Crippen molar-refractivity contribution in [1.29, 1.82) is 0 Å². The molecule has 38 heavy (non-hydrogen) atoms. The lowest BCUT2D eigenvalue weighted by Crippen LogP contribution is -2.22. The number of rotatable bonds is 10. The molecule has 0 fully saturated rings. The van der Waals surface area contributed by atoms with Crippen LogP contribution in [0, 0.1) is 10.1 Å². The third-order valence-electron chi connectivity index (χ3n) is 5.42. The summed E-state index contributed by atoms with van der Waals surface area (Å²) in [6, 6.07) is 11.6. The number of pyridine rings is 1. The van der Waals surface area contributed by atoms with Crippen molar-refractivity contribution in [2.24, 2.45) is 5.10 Å². The topological polar surface area (TPSA) is 122 Å². The maximum Gasteiger partial charge on any atom is 0.287 e. The highest BCUT2D eigenvalue weighted by atomic mass is 79.9. The Kier molecular flexibility index (Phi) is 8.85. The number of nitrogens with zero attached hydrogens (tertiary/aromatic N) is 5. The van der Waals surface area contributed by atoms with E-state index in [-0.39, 0.29) is 17.1 Å². The van der Waals surface area contributed by atoms with Gasteiger partial charge in [0.05, 0.1) is 33.1 Å². The summed E-state index contributed by atoms with van der Waals surface area (Å²) in [6.45, 7) is 4.27. The first-order valence-electron chi connectivity index (χ1n) is 11.8. The summed E-state index contributed by atoms with van der Waals surface area (Å²) in [5.74, 6) is 1.50. The molecule has 0 saturated heterocycles. The zero-order valence-corrected chi connectivity index (χ0v) is 23.7. The van der Waals surface area contributed by atoms with Crippen LogP contribution < -0.4 is 15.0 Å². The summed E-state index contributed by atoms with van der Waals surface area (Å²) in [4.78, 5) is 32.4. The number of hydrogen-bond donors (Lipinski definition) is 0. The molecule has 0 saturated carbocycles. The number of nitro groups is 1. The molecule has 0 N–H and O–H groups in total. The van der Waals surface area contributed by atoms with Crippen LogP contribution in [0.5, 0.6) is 17.4 Å². The van der Waals surface area contributed by atoms with Crippen LogP contribution in [0.3, 0.4) is 0 Å². The number of unbranched alkanes of at least 4 members (excludes halogenated alkanes) is 1. The van der Waals surface area contributed by atoms with Gasteiger partial charge in [-0.2, -0.15) is 9.78 Å². The van der Waals surface area contributed by atoms with Crippen LogP contribution in [-0.2, 0) is 6.42 Å². The average molecular weight is 645 g/mol. The molecule has 12 heteroatoms. The van der Waals surface area contributed by atoms with Crippen molar-refractivity contribution in [3.05, 3.63) is 89.5 Å². The fraction of sp³-hybridized carbons (Fsp3) is 0.231. The van der Waals surface area contributed by atoms with Gasteiger partial charge in [-0.1, -0.05) is 29.3 Å². The lowest BCUT2D eigenvalue weighted by molar-refractivity contribution is -0.385. The molecule has 0 spiro atoms. The van der Waals surface area contributed by atoms with E-state index in [0.29, 0.717) is 51.3 Å². The summed E-state index contributed by atoms with van der Waals surface area (Å²) < 4.78 is 14.3. The largest absolute Gasteiger partial charge is 0.490 e. The van der Waals surface area contributed by atoms with E-state index in [0.717, 1.165) is 23.5 Å². The van der Waals surface area contributed by atoms with E-state index < -0.39 is 4.92 Å². The average Bonchev–Trinajstić information content (AvgIpc) is 2.90. The third kappa shape index (κ3) is 6.25. The van der Waals surface area contributed by atoms with Crippen molar-refractivity contribution in [2.75, 3.05) is 6.61 Å². The second-order valence-corrected chi connectivity index (χ2v) is 9.90. The number of aryl methyl sites for hydroxylation is 1. The van der Waals surface area contributed by atoms with Gasteiger partial charge in [0.15, 0.2) is 11.5 Å². The van der Waals surface area contributed by atoms with Gasteiger partial charge in [-0.3, -0.25) is 14.9 Å². The van der Waals surface area contributed by atoms with Crippen LogP contribution in [0.15, 0.2) is 67.5 Å². The second-order valence-electron chi connectivity index (χ2n) is 8.13. The lowest BCUT2D eigenvalue weighted by atomic mass is 10.2. The van der Waals surface area contributed by atoms with Crippen LogP contribution >= 0.6 is 31.9 Å². The van der Waals surface area contributed by atoms with Gasteiger partial charge in [0.25, 0.3) is 11.2 Å². The van der Waals surface area contributed by atoms with Crippen molar-refractivity contribution in [2.45, 2.75) is 33.1 Å². The summed E-state index contributed by atoms with van der Waals surface area (Å²) >= 11 is 6.92. The molecule has 10 nitrogen and oxygen atoms in total. The first kappa shape index (κ1) is 27.4. The first-order chi connectivity index (χ1) is 18.3. The molecule has 4 aromatic rings. The fourth-order valence-corrected chi connectivity index (χ4v) is 4.51. The molecule has 0 atom stereocenters. The van der Waals surface area contributed by atoms with Gasteiger partial charge in [0, 0.05) is 23.0 Å². The predicted octanol–water partition coefficient (Wildman–Crippen LogP) is 6.64. The SMILES string of the molecule is CCCCc1nc2ccc(Br)cc2c(=O)n1N=Cc1cc(Br)c(Oc2ccc([N+](=O)[O-])cn2)c(OCC)c1. The Bertz CT molecular complexity index is 1570. The molecule has 4 rings (SSSR count). The number of ether oxygens (including phenoxy) is 2. The first-order valence-corrected chi connectivity index (χ1v) is 13.4. The van der Waals surface area contributed by atoms with Gasteiger partial charge >= 0.3 is 0 Å². The molecule has 0 aliphatic rings. The molecule has 2 heterocycles. The van der Waals surface area contributed by atoms with Crippen LogP contribution in [0.25, 0.3) is 10.9 Å². The molecule has 196 valence electrons. The molecule has 0 unspecified atom stereocenters. The van der Waals surface area contributed by atoms with Crippen molar-refractivity contribution >= 4 is 54.7 Å². The molecule has 0 amide bonds. The number of benzene rings is 2. The minimum atomic E-state index is -0.532. The maximum absolute atomic E-state index is 13.3. The van der Waals surface area contributed by atoms with E-state index in [4.69, 9.17) is 14.5 Å². The molecule has 0 aliphatic carbocycles. The fourth-order valence-electron chi connectivity index (χ4n) is 3.60. The Balaban J connectivity index is 1.71. The van der Waals surface area contributed by atoms with Gasteiger partial charge in [-0.15, -0.1) is 0 Å². The van der Waals surface area contributed by atoms with Crippen molar-refractivity contribution in [3.63, 3.8) is 0 Å². The van der Waals surface area contributed by atoms with E-state index in [2.05, 4.69) is 48.9 Å². The van der Waals surface area contributed by atoms with Crippen molar-refractivity contribution in [3.8, 4) is 17.4 Å². The normalized spacial score (nSPS) is 11.3. The van der Waals surface area contributed by atoms with Gasteiger partial charge in [0.1, 0.15) is 12.0 Å². The molecule has 2 aromatic carbocycles. The molecule has 0 bridgehead atoms. The minimum absolute atomic E-state index is 0.142. The Hall–Kier alpha value is -3.64. The highest BCUT2D eigenvalue weighted by molar-refractivity contribution is 9.10. The Morgan fingerprint density at radius 2 is 1.97 bits per heavy atom. The lowest BCUT2D eigenvalue weighted by Gasteiger charge is -2.14. The Morgan fingerprint density at radius 1 is 1.16 bits per heavy atom. The predicted molar refractivity (Wildman–Crippen MR) is 152 cm³/mol. The van der Waals surface area contributed by atoms with E-state index in [1.165, 1.54) is 16.8 Å². The monoisotopic (exact) mass is 643 g/mol. The van der Waals surface area contributed by atoms with E-state index in [9.17, 15) is 14.9 Å². The van der Waals surface area contributed by atoms with E-state index in [1.54, 1.807) is 24.4 Å². The van der Waals surface area contributed by atoms with E-state index in [1.807, 2.05) is 19.1 Å². The highest BCUT2D eigenvalue weighted by Crippen LogP contribution is 2.39. The summed E-state index contributed by atoms with van der Waals surface area (Å²) in [5.41, 5.74) is 0.870. The van der Waals surface area contributed by atoms with Gasteiger partial charge in [-0.25, -0.2) is 9.97 Å².